The molecule has 2 aromatic rings. The lowest BCUT2D eigenvalue weighted by atomic mass is 10.4. The topological polar surface area (TPSA) is 64.4 Å². The summed E-state index contributed by atoms with van der Waals surface area (Å²) in [5, 5.41) is 2.80. The average Bonchev–Trinajstić information content (AvgIpc) is 3.03. The molecule has 0 saturated carbocycles. The van der Waals surface area contributed by atoms with E-state index in [1.165, 1.54) is 19.2 Å². The van der Waals surface area contributed by atoms with Crippen LogP contribution in [-0.4, -0.2) is 18.1 Å². The number of anilines is 1. The quantitative estimate of drug-likeness (QED) is 0.879. The Balaban J connectivity index is 1.97. The second kappa shape index (κ2) is 5.53. The Morgan fingerprint density at radius 1 is 1.50 bits per heavy atom. The van der Waals surface area contributed by atoms with Gasteiger partial charge >= 0.3 is 12.1 Å². The second-order valence-electron chi connectivity index (χ2n) is 3.64. The van der Waals surface area contributed by atoms with E-state index in [0.717, 1.165) is 6.20 Å². The lowest BCUT2D eigenvalue weighted by Crippen LogP contribution is -2.01. The summed E-state index contributed by atoms with van der Waals surface area (Å²) in [6.07, 6.45) is -3.64. The normalized spacial score (nSPS) is 11.4. The van der Waals surface area contributed by atoms with E-state index in [2.05, 4.69) is 15.0 Å². The Hall–Kier alpha value is -2.03. The maximum atomic E-state index is 12.4. The first-order valence-corrected chi connectivity index (χ1v) is 6.15. The predicted octanol–water partition coefficient (Wildman–Crippen LogP) is 3.15. The van der Waals surface area contributed by atoms with Crippen molar-refractivity contribution < 1.29 is 27.1 Å². The minimum absolute atomic E-state index is 0.0272. The molecule has 0 saturated heterocycles. The number of aromatic nitrogens is 1. The van der Waals surface area contributed by atoms with Crippen LogP contribution in [0.3, 0.4) is 0 Å². The Morgan fingerprint density at radius 2 is 2.25 bits per heavy atom. The molecule has 0 atom stereocenters. The highest BCUT2D eigenvalue weighted by atomic mass is 32.1. The van der Waals surface area contributed by atoms with Gasteiger partial charge in [0.15, 0.2) is 5.13 Å². The van der Waals surface area contributed by atoms with Crippen molar-refractivity contribution >= 4 is 22.4 Å². The number of alkyl halides is 3. The summed E-state index contributed by atoms with van der Waals surface area (Å²) < 4.78 is 46.7. The van der Waals surface area contributed by atoms with Crippen LogP contribution in [0.1, 0.15) is 21.2 Å². The Bertz CT molecular complexity index is 606. The van der Waals surface area contributed by atoms with E-state index < -0.39 is 17.0 Å². The summed E-state index contributed by atoms with van der Waals surface area (Å²) in [5.74, 6) is -0.210. The van der Waals surface area contributed by atoms with Crippen molar-refractivity contribution in [2.75, 3.05) is 12.4 Å². The first-order valence-electron chi connectivity index (χ1n) is 5.34. The summed E-state index contributed by atoms with van der Waals surface area (Å²) in [4.78, 5) is 14.0. The van der Waals surface area contributed by atoms with Crippen molar-refractivity contribution in [2.45, 2.75) is 12.7 Å². The first-order chi connectivity index (χ1) is 9.40. The molecule has 1 N–H and O–H groups in total. The van der Waals surface area contributed by atoms with Gasteiger partial charge in [0.05, 0.1) is 19.9 Å². The number of esters is 1. The Labute approximate surface area is 115 Å². The summed E-state index contributed by atoms with van der Waals surface area (Å²) in [5.41, 5.74) is 0. The molecule has 0 aliphatic rings. The van der Waals surface area contributed by atoms with Crippen LogP contribution < -0.4 is 5.32 Å². The van der Waals surface area contributed by atoms with Gasteiger partial charge in [0.1, 0.15) is 10.6 Å². The van der Waals surface area contributed by atoms with Crippen molar-refractivity contribution in [1.29, 1.82) is 0 Å². The van der Waals surface area contributed by atoms with Gasteiger partial charge < -0.3 is 14.5 Å². The molecular weight excluding hydrogens is 297 g/mol. The first kappa shape index (κ1) is 14.4. The molecule has 108 valence electrons. The molecular formula is C11H9F3N2O3S. The van der Waals surface area contributed by atoms with E-state index in [0.29, 0.717) is 17.1 Å². The highest BCUT2D eigenvalue weighted by molar-refractivity contribution is 7.15. The van der Waals surface area contributed by atoms with Crippen LogP contribution in [0.4, 0.5) is 18.3 Å². The maximum Gasteiger partial charge on any atom is 0.427 e. The van der Waals surface area contributed by atoms with E-state index in [-0.39, 0.29) is 17.4 Å². The van der Waals surface area contributed by atoms with Crippen molar-refractivity contribution in [1.82, 2.24) is 4.98 Å². The second-order valence-corrected chi connectivity index (χ2v) is 4.67. The molecule has 0 spiro atoms. The number of hydrogen-bond acceptors (Lipinski definition) is 6. The number of hydrogen-bond donors (Lipinski definition) is 1. The van der Waals surface area contributed by atoms with Gasteiger partial charge in [0, 0.05) is 0 Å². The zero-order valence-corrected chi connectivity index (χ0v) is 11.0. The highest BCUT2D eigenvalue weighted by Crippen LogP contribution is 2.35. The fraction of sp³-hybridized carbons (Fsp3) is 0.273. The van der Waals surface area contributed by atoms with E-state index in [1.807, 2.05) is 0 Å². The predicted molar refractivity (Wildman–Crippen MR) is 64.5 cm³/mol. The van der Waals surface area contributed by atoms with Crippen LogP contribution in [0, 0.1) is 0 Å². The molecule has 0 aromatic carbocycles. The standard InChI is InChI=1S/C11H9F3N2O3S/c1-18-9(17)7-3-2-6(19-7)4-15-10-16-5-8(20-10)11(12,13)14/h2-3,5H,4H2,1H3,(H,15,16). The Morgan fingerprint density at radius 3 is 2.85 bits per heavy atom. The highest BCUT2D eigenvalue weighted by Gasteiger charge is 2.33. The molecule has 2 heterocycles. The number of thiazole rings is 1. The van der Waals surface area contributed by atoms with Gasteiger partial charge in [-0.25, -0.2) is 9.78 Å². The molecule has 5 nitrogen and oxygen atoms in total. The zero-order valence-electron chi connectivity index (χ0n) is 10.2. The lowest BCUT2D eigenvalue weighted by Gasteiger charge is -2.01. The van der Waals surface area contributed by atoms with E-state index in [4.69, 9.17) is 4.42 Å². The van der Waals surface area contributed by atoms with Gasteiger partial charge in [-0.3, -0.25) is 0 Å². The van der Waals surface area contributed by atoms with Crippen molar-refractivity contribution in [3.05, 3.63) is 34.7 Å². The fourth-order valence-electron chi connectivity index (χ4n) is 1.33. The monoisotopic (exact) mass is 306 g/mol. The van der Waals surface area contributed by atoms with Crippen molar-refractivity contribution in [3.8, 4) is 0 Å². The number of nitrogens with one attached hydrogen (secondary N) is 1. The van der Waals surface area contributed by atoms with E-state index in [1.54, 1.807) is 0 Å². The Kier molecular flexibility index (Phi) is 3.98. The fourth-order valence-corrected chi connectivity index (χ4v) is 2.01. The van der Waals surface area contributed by atoms with Crippen molar-refractivity contribution in [3.63, 3.8) is 0 Å². The number of methoxy groups -OCH3 is 1. The van der Waals surface area contributed by atoms with E-state index in [9.17, 15) is 18.0 Å². The van der Waals surface area contributed by atoms with Gasteiger partial charge in [-0.15, -0.1) is 0 Å². The molecule has 20 heavy (non-hydrogen) atoms. The van der Waals surface area contributed by atoms with Crippen LogP contribution >= 0.6 is 11.3 Å². The third-order valence-electron chi connectivity index (χ3n) is 2.25. The third kappa shape index (κ3) is 3.29. The minimum Gasteiger partial charge on any atom is -0.463 e. The van der Waals surface area contributed by atoms with Gasteiger partial charge in [0.25, 0.3) is 0 Å². The summed E-state index contributed by atoms with van der Waals surface area (Å²) in [7, 11) is 1.22. The van der Waals surface area contributed by atoms with Crippen LogP contribution in [-0.2, 0) is 17.5 Å². The number of furan rings is 1. The molecule has 2 aromatic heterocycles. The number of nitrogens with zero attached hydrogens (tertiary/aromatic N) is 1. The minimum atomic E-state index is -4.40. The zero-order chi connectivity index (χ0) is 14.8. The van der Waals surface area contributed by atoms with Crippen molar-refractivity contribution in [2.24, 2.45) is 0 Å². The molecule has 0 aliphatic heterocycles. The SMILES string of the molecule is COC(=O)c1ccc(CNc2ncc(C(F)(F)F)s2)o1. The molecule has 0 aliphatic carbocycles. The molecule has 2 rings (SSSR count). The van der Waals surface area contributed by atoms with E-state index >= 15 is 0 Å². The average molecular weight is 306 g/mol. The maximum absolute atomic E-state index is 12.4. The van der Waals surface area contributed by atoms with Gasteiger partial charge in [0.2, 0.25) is 5.76 Å². The molecule has 0 unspecified atom stereocenters. The number of carbonyl (C=O) groups excluding carboxylic acids is 1. The van der Waals surface area contributed by atoms with Crippen LogP contribution in [0.25, 0.3) is 0 Å². The molecule has 9 heteroatoms. The number of halogens is 3. The van der Waals surface area contributed by atoms with Gasteiger partial charge in [-0.1, -0.05) is 11.3 Å². The van der Waals surface area contributed by atoms with Gasteiger partial charge in [-0.2, -0.15) is 13.2 Å². The largest absolute Gasteiger partial charge is 0.463 e. The molecule has 0 fully saturated rings. The molecule has 0 bridgehead atoms. The summed E-state index contributed by atoms with van der Waals surface area (Å²) >= 11 is 0.496. The third-order valence-corrected chi connectivity index (χ3v) is 3.25. The lowest BCUT2D eigenvalue weighted by molar-refractivity contribution is -0.134. The van der Waals surface area contributed by atoms with Crippen LogP contribution in [0.15, 0.2) is 22.7 Å². The number of rotatable bonds is 4. The summed E-state index contributed by atoms with van der Waals surface area (Å²) in [6, 6.07) is 2.95. The smallest absolute Gasteiger partial charge is 0.427 e. The number of carbonyl (C=O) groups is 1. The van der Waals surface area contributed by atoms with Gasteiger partial charge in [-0.05, 0) is 12.1 Å². The van der Waals surface area contributed by atoms with Crippen LogP contribution in [0.2, 0.25) is 0 Å². The summed E-state index contributed by atoms with van der Waals surface area (Å²) in [6.45, 7) is 0.113. The molecule has 0 radical (unpaired) electrons. The number of ether oxygens (including phenoxy) is 1. The molecule has 0 amide bonds. The van der Waals surface area contributed by atoms with Crippen LogP contribution in [0.5, 0.6) is 0 Å².